The molecule has 0 radical (unpaired) electrons. The highest BCUT2D eigenvalue weighted by atomic mass is 16.5. The van der Waals surface area contributed by atoms with Crippen LogP contribution in [-0.4, -0.2) is 19.7 Å². The van der Waals surface area contributed by atoms with Crippen LogP contribution < -0.4 is 5.32 Å². The summed E-state index contributed by atoms with van der Waals surface area (Å²) >= 11 is 0. The first-order valence-corrected chi connectivity index (χ1v) is 8.11. The SMILES string of the molecule is CCCNCC1CCCOC1c1c(C)oc2ccccc12. The Morgan fingerprint density at radius 3 is 3.00 bits per heavy atom. The molecular formula is C18H25NO2. The van der Waals surface area contributed by atoms with Gasteiger partial charge < -0.3 is 14.5 Å². The van der Waals surface area contributed by atoms with Crippen LogP contribution in [0.5, 0.6) is 0 Å². The Morgan fingerprint density at radius 1 is 1.29 bits per heavy atom. The molecule has 3 heteroatoms. The molecule has 0 spiro atoms. The van der Waals surface area contributed by atoms with Gasteiger partial charge in [-0.2, -0.15) is 0 Å². The number of hydrogen-bond acceptors (Lipinski definition) is 3. The molecule has 1 aliphatic heterocycles. The van der Waals surface area contributed by atoms with Gasteiger partial charge in [0.05, 0.1) is 6.10 Å². The second-order valence-corrected chi connectivity index (χ2v) is 5.97. The van der Waals surface area contributed by atoms with Crippen LogP contribution >= 0.6 is 0 Å². The van der Waals surface area contributed by atoms with Gasteiger partial charge in [-0.1, -0.05) is 25.1 Å². The van der Waals surface area contributed by atoms with Crippen molar-refractivity contribution in [2.45, 2.75) is 39.2 Å². The summed E-state index contributed by atoms with van der Waals surface area (Å²) < 4.78 is 12.1. The van der Waals surface area contributed by atoms with Crippen molar-refractivity contribution in [3.8, 4) is 0 Å². The quantitative estimate of drug-likeness (QED) is 0.837. The summed E-state index contributed by atoms with van der Waals surface area (Å²) in [5, 5.41) is 4.76. The number of hydrogen-bond donors (Lipinski definition) is 1. The van der Waals surface area contributed by atoms with Crippen molar-refractivity contribution in [3.63, 3.8) is 0 Å². The summed E-state index contributed by atoms with van der Waals surface area (Å²) in [6.45, 7) is 7.22. The van der Waals surface area contributed by atoms with E-state index in [1.165, 1.54) is 23.8 Å². The van der Waals surface area contributed by atoms with Crippen molar-refractivity contribution >= 4 is 11.0 Å². The molecule has 1 aromatic carbocycles. The van der Waals surface area contributed by atoms with Crippen molar-refractivity contribution in [2.75, 3.05) is 19.7 Å². The first-order chi connectivity index (χ1) is 10.3. The van der Waals surface area contributed by atoms with E-state index in [0.29, 0.717) is 5.92 Å². The zero-order chi connectivity index (χ0) is 14.7. The van der Waals surface area contributed by atoms with Gasteiger partial charge in [0.15, 0.2) is 0 Å². The molecule has 3 rings (SSSR count). The maximum Gasteiger partial charge on any atom is 0.134 e. The molecule has 1 fully saturated rings. The van der Waals surface area contributed by atoms with E-state index in [9.17, 15) is 0 Å². The van der Waals surface area contributed by atoms with Gasteiger partial charge in [-0.15, -0.1) is 0 Å². The minimum absolute atomic E-state index is 0.159. The Balaban J connectivity index is 1.89. The van der Waals surface area contributed by atoms with Gasteiger partial charge in [-0.05, 0) is 38.8 Å². The van der Waals surface area contributed by atoms with Crippen LogP contribution in [0.25, 0.3) is 11.0 Å². The molecule has 2 heterocycles. The van der Waals surface area contributed by atoms with Gasteiger partial charge in [-0.25, -0.2) is 0 Å². The fourth-order valence-corrected chi connectivity index (χ4v) is 3.38. The van der Waals surface area contributed by atoms with E-state index in [-0.39, 0.29) is 6.10 Å². The average Bonchev–Trinajstić information content (AvgIpc) is 2.84. The molecule has 114 valence electrons. The maximum absolute atomic E-state index is 6.15. The number of para-hydroxylation sites is 1. The van der Waals surface area contributed by atoms with Crippen LogP contribution in [0, 0.1) is 12.8 Å². The topological polar surface area (TPSA) is 34.4 Å². The minimum Gasteiger partial charge on any atom is -0.461 e. The standard InChI is InChI=1S/C18H25NO2/c1-3-10-19-12-14-7-6-11-20-18(14)17-13(2)21-16-9-5-4-8-15(16)17/h4-5,8-9,14,18-19H,3,6-7,10-12H2,1-2H3. The molecular weight excluding hydrogens is 262 g/mol. The maximum atomic E-state index is 6.15. The number of rotatable bonds is 5. The second kappa shape index (κ2) is 6.63. The summed E-state index contributed by atoms with van der Waals surface area (Å²) in [6, 6.07) is 8.29. The van der Waals surface area contributed by atoms with E-state index in [1.54, 1.807) is 0 Å². The highest BCUT2D eigenvalue weighted by molar-refractivity contribution is 5.82. The Hall–Kier alpha value is -1.32. The molecule has 1 N–H and O–H groups in total. The molecule has 1 saturated heterocycles. The lowest BCUT2D eigenvalue weighted by atomic mass is 9.88. The summed E-state index contributed by atoms with van der Waals surface area (Å²) in [5.41, 5.74) is 2.23. The summed E-state index contributed by atoms with van der Waals surface area (Å²) in [4.78, 5) is 0. The molecule has 2 aromatic rings. The largest absolute Gasteiger partial charge is 0.461 e. The minimum atomic E-state index is 0.159. The Labute approximate surface area is 126 Å². The van der Waals surface area contributed by atoms with Crippen molar-refractivity contribution in [3.05, 3.63) is 35.6 Å². The van der Waals surface area contributed by atoms with Crippen molar-refractivity contribution in [1.82, 2.24) is 5.32 Å². The molecule has 1 aliphatic rings. The van der Waals surface area contributed by atoms with Gasteiger partial charge in [0.2, 0.25) is 0 Å². The number of aryl methyl sites for hydroxylation is 1. The molecule has 0 amide bonds. The predicted molar refractivity (Wildman–Crippen MR) is 85.5 cm³/mol. The summed E-state index contributed by atoms with van der Waals surface area (Å²) in [6.07, 6.45) is 3.71. The number of furan rings is 1. The zero-order valence-corrected chi connectivity index (χ0v) is 13.0. The fraction of sp³-hybridized carbons (Fsp3) is 0.556. The average molecular weight is 287 g/mol. The summed E-state index contributed by atoms with van der Waals surface area (Å²) in [5.74, 6) is 1.54. The van der Waals surface area contributed by atoms with Crippen LogP contribution in [0.15, 0.2) is 28.7 Å². The van der Waals surface area contributed by atoms with Gasteiger partial charge in [0, 0.05) is 30.0 Å². The zero-order valence-electron chi connectivity index (χ0n) is 13.0. The lowest BCUT2D eigenvalue weighted by Crippen LogP contribution is -2.32. The third kappa shape index (κ3) is 2.99. The van der Waals surface area contributed by atoms with Crippen molar-refractivity contribution < 1.29 is 9.15 Å². The Bertz CT molecular complexity index is 590. The van der Waals surface area contributed by atoms with Crippen LogP contribution in [0.2, 0.25) is 0 Å². The molecule has 0 saturated carbocycles. The Morgan fingerprint density at radius 2 is 2.14 bits per heavy atom. The van der Waals surface area contributed by atoms with E-state index >= 15 is 0 Å². The number of nitrogens with one attached hydrogen (secondary N) is 1. The van der Waals surface area contributed by atoms with E-state index < -0.39 is 0 Å². The lowest BCUT2D eigenvalue weighted by Gasteiger charge is -2.32. The van der Waals surface area contributed by atoms with Crippen molar-refractivity contribution in [2.24, 2.45) is 5.92 Å². The van der Waals surface area contributed by atoms with Crippen LogP contribution in [-0.2, 0) is 4.74 Å². The van der Waals surface area contributed by atoms with Crippen LogP contribution in [0.4, 0.5) is 0 Å². The molecule has 2 atom stereocenters. The molecule has 21 heavy (non-hydrogen) atoms. The van der Waals surface area contributed by atoms with Gasteiger partial charge in [-0.3, -0.25) is 0 Å². The van der Waals surface area contributed by atoms with E-state index in [2.05, 4.69) is 31.3 Å². The molecule has 0 aliphatic carbocycles. The van der Waals surface area contributed by atoms with E-state index in [0.717, 1.165) is 37.5 Å². The monoisotopic (exact) mass is 287 g/mol. The fourth-order valence-electron chi connectivity index (χ4n) is 3.38. The lowest BCUT2D eigenvalue weighted by molar-refractivity contribution is -0.0277. The smallest absolute Gasteiger partial charge is 0.134 e. The number of fused-ring (bicyclic) bond motifs is 1. The Kier molecular flexibility index (Phi) is 4.61. The number of benzene rings is 1. The van der Waals surface area contributed by atoms with Gasteiger partial charge in [0.25, 0.3) is 0 Å². The first-order valence-electron chi connectivity index (χ1n) is 8.11. The van der Waals surface area contributed by atoms with Crippen molar-refractivity contribution in [1.29, 1.82) is 0 Å². The molecule has 0 bridgehead atoms. The third-order valence-electron chi connectivity index (χ3n) is 4.38. The normalized spacial score (nSPS) is 22.8. The second-order valence-electron chi connectivity index (χ2n) is 5.97. The van der Waals surface area contributed by atoms with Crippen LogP contribution in [0.3, 0.4) is 0 Å². The summed E-state index contributed by atoms with van der Waals surface area (Å²) in [7, 11) is 0. The van der Waals surface area contributed by atoms with Gasteiger partial charge in [0.1, 0.15) is 11.3 Å². The molecule has 3 nitrogen and oxygen atoms in total. The molecule has 1 aromatic heterocycles. The predicted octanol–water partition coefficient (Wildman–Crippen LogP) is 4.21. The third-order valence-corrected chi connectivity index (χ3v) is 4.38. The van der Waals surface area contributed by atoms with Crippen LogP contribution in [0.1, 0.15) is 43.6 Å². The first kappa shape index (κ1) is 14.6. The highest BCUT2D eigenvalue weighted by Crippen LogP contribution is 2.40. The van der Waals surface area contributed by atoms with Gasteiger partial charge >= 0.3 is 0 Å². The van der Waals surface area contributed by atoms with E-state index in [4.69, 9.17) is 9.15 Å². The highest BCUT2D eigenvalue weighted by Gasteiger charge is 2.31. The number of ether oxygens (including phenoxy) is 1. The van der Waals surface area contributed by atoms with E-state index in [1.807, 2.05) is 12.1 Å². The molecule has 2 unspecified atom stereocenters.